The topological polar surface area (TPSA) is 90.2 Å². The van der Waals surface area contributed by atoms with Crippen LogP contribution >= 0.6 is 11.6 Å². The Bertz CT molecular complexity index is 1020. The zero-order valence-electron chi connectivity index (χ0n) is 13.8. The number of anilines is 2. The van der Waals surface area contributed by atoms with Gasteiger partial charge >= 0.3 is 5.69 Å². The highest BCUT2D eigenvalue weighted by Crippen LogP contribution is 2.31. The van der Waals surface area contributed by atoms with Gasteiger partial charge in [-0.3, -0.25) is 4.79 Å². The third-order valence-electron chi connectivity index (χ3n) is 4.35. The first kappa shape index (κ1) is 16.7. The maximum absolute atomic E-state index is 12.7. The van der Waals surface area contributed by atoms with Gasteiger partial charge in [0.2, 0.25) is 0 Å². The summed E-state index contributed by atoms with van der Waals surface area (Å²) in [4.78, 5) is 31.9. The van der Waals surface area contributed by atoms with Crippen molar-refractivity contribution in [2.24, 2.45) is 0 Å². The number of morpholine rings is 1. The molecule has 0 spiro atoms. The van der Waals surface area contributed by atoms with E-state index in [1.807, 2.05) is 6.07 Å². The normalized spacial score (nSPS) is 14.6. The van der Waals surface area contributed by atoms with Crippen LogP contribution in [0.15, 0.2) is 41.2 Å². The Morgan fingerprint density at radius 1 is 1.12 bits per heavy atom. The monoisotopic (exact) mass is 372 g/mol. The Kier molecular flexibility index (Phi) is 4.40. The lowest BCUT2D eigenvalue weighted by Gasteiger charge is -2.30. The van der Waals surface area contributed by atoms with Gasteiger partial charge in [0.05, 0.1) is 46.2 Å². The number of carbonyl (C=O) groups is 1. The molecule has 1 aliphatic rings. The van der Waals surface area contributed by atoms with Crippen LogP contribution < -0.4 is 15.9 Å². The molecule has 0 radical (unpaired) electrons. The number of carbonyl (C=O) groups excluding carboxylic acids is 1. The van der Waals surface area contributed by atoms with Gasteiger partial charge in [-0.25, -0.2) is 4.79 Å². The lowest BCUT2D eigenvalue weighted by Crippen LogP contribution is -2.36. The molecular weight excluding hydrogens is 356 g/mol. The number of imidazole rings is 1. The Hall–Kier alpha value is -2.77. The number of ether oxygens (including phenoxy) is 1. The number of hydrogen-bond acceptors (Lipinski definition) is 4. The second kappa shape index (κ2) is 6.86. The fraction of sp³-hybridized carbons (Fsp3) is 0.222. The molecule has 4 rings (SSSR count). The molecular formula is C18H17ClN4O3. The molecule has 0 saturated carbocycles. The Balaban J connectivity index is 1.75. The van der Waals surface area contributed by atoms with Crippen LogP contribution in [0.4, 0.5) is 11.4 Å². The summed E-state index contributed by atoms with van der Waals surface area (Å²) in [7, 11) is 0. The second-order valence-corrected chi connectivity index (χ2v) is 6.43. The minimum atomic E-state index is -0.303. The summed E-state index contributed by atoms with van der Waals surface area (Å²) in [5, 5.41) is 3.31. The zero-order valence-corrected chi connectivity index (χ0v) is 14.6. The van der Waals surface area contributed by atoms with E-state index >= 15 is 0 Å². The SMILES string of the molecule is O=C(Nc1cc2[nH]c(=O)[nH]c2cc1N1CCOCC1)c1ccccc1Cl. The molecule has 3 aromatic rings. The number of H-pyrrole nitrogens is 2. The minimum absolute atomic E-state index is 0.289. The summed E-state index contributed by atoms with van der Waals surface area (Å²) in [6.07, 6.45) is 0. The van der Waals surface area contributed by atoms with Crippen molar-refractivity contribution in [2.45, 2.75) is 0 Å². The summed E-state index contributed by atoms with van der Waals surface area (Å²) < 4.78 is 5.41. The minimum Gasteiger partial charge on any atom is -0.378 e. The van der Waals surface area contributed by atoms with E-state index in [1.54, 1.807) is 30.3 Å². The summed E-state index contributed by atoms with van der Waals surface area (Å²) in [6.45, 7) is 2.63. The molecule has 1 aromatic heterocycles. The third-order valence-corrected chi connectivity index (χ3v) is 4.68. The van der Waals surface area contributed by atoms with Crippen molar-refractivity contribution in [2.75, 3.05) is 36.5 Å². The first-order chi connectivity index (χ1) is 12.6. The molecule has 8 heteroatoms. The van der Waals surface area contributed by atoms with Gasteiger partial charge in [0.1, 0.15) is 0 Å². The number of hydrogen-bond donors (Lipinski definition) is 3. The largest absolute Gasteiger partial charge is 0.378 e. The second-order valence-electron chi connectivity index (χ2n) is 6.03. The molecule has 2 aromatic carbocycles. The first-order valence-electron chi connectivity index (χ1n) is 8.26. The number of aromatic amines is 2. The van der Waals surface area contributed by atoms with Crippen LogP contribution in [0.1, 0.15) is 10.4 Å². The van der Waals surface area contributed by atoms with Gasteiger partial charge in [-0.15, -0.1) is 0 Å². The van der Waals surface area contributed by atoms with Crippen molar-refractivity contribution in [3.05, 3.63) is 57.5 Å². The molecule has 0 atom stereocenters. The summed E-state index contributed by atoms with van der Waals surface area (Å²) >= 11 is 6.13. The number of amides is 1. The summed E-state index contributed by atoms with van der Waals surface area (Å²) in [5.41, 5.74) is 2.86. The molecule has 3 N–H and O–H groups in total. The highest BCUT2D eigenvalue weighted by Gasteiger charge is 2.19. The molecule has 134 valence electrons. The Morgan fingerprint density at radius 2 is 1.81 bits per heavy atom. The average Bonchev–Trinajstić information content (AvgIpc) is 3.01. The fourth-order valence-corrected chi connectivity index (χ4v) is 3.29. The molecule has 0 aliphatic carbocycles. The standard InChI is InChI=1S/C18H17ClN4O3/c19-12-4-2-1-3-11(12)17(24)20-15-9-13-14(22-18(25)21-13)10-16(15)23-5-7-26-8-6-23/h1-4,9-10H,5-8H2,(H,20,24)(H2,21,22,25). The van der Waals surface area contributed by atoms with E-state index in [1.165, 1.54) is 0 Å². The van der Waals surface area contributed by atoms with Gasteiger partial charge in [0, 0.05) is 13.1 Å². The maximum Gasteiger partial charge on any atom is 0.323 e. The molecule has 2 heterocycles. The Labute approximate surface area is 153 Å². The van der Waals surface area contributed by atoms with Crippen LogP contribution in [-0.2, 0) is 4.74 Å². The molecule has 26 heavy (non-hydrogen) atoms. The fourth-order valence-electron chi connectivity index (χ4n) is 3.07. The van der Waals surface area contributed by atoms with Crippen LogP contribution in [-0.4, -0.2) is 42.2 Å². The van der Waals surface area contributed by atoms with Gasteiger partial charge in [-0.2, -0.15) is 0 Å². The van der Waals surface area contributed by atoms with Gasteiger partial charge in [-0.05, 0) is 24.3 Å². The number of nitrogens with zero attached hydrogens (tertiary/aromatic N) is 1. The molecule has 1 fully saturated rings. The number of nitrogens with one attached hydrogen (secondary N) is 3. The van der Waals surface area contributed by atoms with Gasteiger partial charge in [0.25, 0.3) is 5.91 Å². The smallest absolute Gasteiger partial charge is 0.323 e. The van der Waals surface area contributed by atoms with Crippen LogP contribution in [0.5, 0.6) is 0 Å². The van der Waals surface area contributed by atoms with E-state index in [-0.39, 0.29) is 11.6 Å². The number of halogens is 1. The van der Waals surface area contributed by atoms with Crippen LogP contribution in [0.25, 0.3) is 11.0 Å². The van der Waals surface area contributed by atoms with Gasteiger partial charge < -0.3 is 24.9 Å². The predicted octanol–water partition coefficient (Wildman–Crippen LogP) is 2.60. The van der Waals surface area contributed by atoms with Gasteiger partial charge in [-0.1, -0.05) is 23.7 Å². The zero-order chi connectivity index (χ0) is 18.1. The highest BCUT2D eigenvalue weighted by molar-refractivity contribution is 6.34. The van der Waals surface area contributed by atoms with Crippen molar-refractivity contribution in [3.63, 3.8) is 0 Å². The molecule has 0 bridgehead atoms. The molecule has 1 saturated heterocycles. The summed E-state index contributed by atoms with van der Waals surface area (Å²) in [6, 6.07) is 10.5. The van der Waals surface area contributed by atoms with E-state index in [0.717, 1.165) is 5.69 Å². The lowest BCUT2D eigenvalue weighted by molar-refractivity contribution is 0.102. The average molecular weight is 373 g/mol. The van der Waals surface area contributed by atoms with Crippen molar-refractivity contribution >= 4 is 39.9 Å². The number of benzene rings is 2. The first-order valence-corrected chi connectivity index (χ1v) is 8.64. The van der Waals surface area contributed by atoms with Crippen LogP contribution in [0.3, 0.4) is 0 Å². The number of fused-ring (bicyclic) bond motifs is 1. The molecule has 1 aliphatic heterocycles. The van der Waals surface area contributed by atoms with Crippen molar-refractivity contribution < 1.29 is 9.53 Å². The quantitative estimate of drug-likeness (QED) is 0.659. The van der Waals surface area contributed by atoms with Crippen LogP contribution in [0, 0.1) is 0 Å². The van der Waals surface area contributed by atoms with Gasteiger partial charge in [0.15, 0.2) is 0 Å². The third kappa shape index (κ3) is 3.18. The van der Waals surface area contributed by atoms with Crippen molar-refractivity contribution in [3.8, 4) is 0 Å². The van der Waals surface area contributed by atoms with Crippen molar-refractivity contribution in [1.82, 2.24) is 9.97 Å². The van der Waals surface area contributed by atoms with Crippen molar-refractivity contribution in [1.29, 1.82) is 0 Å². The van der Waals surface area contributed by atoms with E-state index in [0.29, 0.717) is 53.6 Å². The molecule has 1 amide bonds. The van der Waals surface area contributed by atoms with E-state index < -0.39 is 0 Å². The van der Waals surface area contributed by atoms with E-state index in [2.05, 4.69) is 20.2 Å². The van der Waals surface area contributed by atoms with E-state index in [4.69, 9.17) is 16.3 Å². The number of rotatable bonds is 3. The highest BCUT2D eigenvalue weighted by atomic mass is 35.5. The predicted molar refractivity (Wildman–Crippen MR) is 101 cm³/mol. The maximum atomic E-state index is 12.7. The lowest BCUT2D eigenvalue weighted by atomic mass is 10.1. The Morgan fingerprint density at radius 3 is 2.54 bits per heavy atom. The summed E-state index contributed by atoms with van der Waals surface area (Å²) in [5.74, 6) is -0.303. The molecule has 7 nitrogen and oxygen atoms in total. The number of aromatic nitrogens is 2. The molecule has 0 unspecified atom stereocenters. The van der Waals surface area contributed by atoms with E-state index in [9.17, 15) is 9.59 Å². The van der Waals surface area contributed by atoms with Crippen LogP contribution in [0.2, 0.25) is 5.02 Å².